The van der Waals surface area contributed by atoms with Crippen LogP contribution < -0.4 is 5.32 Å². The summed E-state index contributed by atoms with van der Waals surface area (Å²) in [4.78, 5) is 14.1. The van der Waals surface area contributed by atoms with Crippen molar-refractivity contribution in [3.8, 4) is 0 Å². The van der Waals surface area contributed by atoms with Crippen LogP contribution in [-0.2, 0) is 0 Å². The molecule has 1 aliphatic rings. The summed E-state index contributed by atoms with van der Waals surface area (Å²) in [7, 11) is 1.75. The van der Waals surface area contributed by atoms with Gasteiger partial charge >= 0.3 is 0 Å². The third-order valence-corrected chi connectivity index (χ3v) is 3.52. The van der Waals surface area contributed by atoms with Crippen LogP contribution in [0.2, 0.25) is 0 Å². The maximum Gasteiger partial charge on any atom is 0.270 e. The first-order chi connectivity index (χ1) is 8.52. The monoisotopic (exact) mass is 251 g/mol. The number of amides is 1. The lowest BCUT2D eigenvalue weighted by atomic mass is 10.2. The summed E-state index contributed by atoms with van der Waals surface area (Å²) in [5, 5.41) is 12.9. The zero-order valence-corrected chi connectivity index (χ0v) is 11.1. The predicted octanol–water partition coefficient (Wildman–Crippen LogP) is 0.474. The Kier molecular flexibility index (Phi) is 3.73. The molecule has 1 aromatic rings. The van der Waals surface area contributed by atoms with Crippen LogP contribution in [0.5, 0.6) is 0 Å². The van der Waals surface area contributed by atoms with Crippen LogP contribution in [-0.4, -0.2) is 52.8 Å². The van der Waals surface area contributed by atoms with Gasteiger partial charge in [0.1, 0.15) is 5.69 Å². The molecule has 0 aliphatic carbocycles. The fourth-order valence-electron chi connectivity index (χ4n) is 2.40. The minimum absolute atomic E-state index is 0.0403. The minimum Gasteiger partial charge on any atom is -0.390 e. The van der Waals surface area contributed by atoms with Gasteiger partial charge in [-0.15, -0.1) is 0 Å². The van der Waals surface area contributed by atoms with Crippen LogP contribution in [0.3, 0.4) is 0 Å². The van der Waals surface area contributed by atoms with Crippen molar-refractivity contribution in [3.63, 3.8) is 0 Å². The average molecular weight is 251 g/mol. The summed E-state index contributed by atoms with van der Waals surface area (Å²) in [6.45, 7) is 5.28. The first kappa shape index (κ1) is 13.1. The third-order valence-electron chi connectivity index (χ3n) is 3.52. The standard InChI is InChI=1S/C13H21N3O2/c1-9(2)16-6-4-5-10(16)13(18)15(3)11-7-14-8-12(11)17/h4-6,9,11-12,14,17H,7-8H2,1-3H3/t11-,12-/m1/s1. The first-order valence-corrected chi connectivity index (χ1v) is 6.35. The number of nitrogens with zero attached hydrogens (tertiary/aromatic N) is 2. The molecule has 5 heteroatoms. The van der Waals surface area contributed by atoms with Crippen LogP contribution in [0.1, 0.15) is 30.4 Å². The molecular weight excluding hydrogens is 230 g/mol. The highest BCUT2D eigenvalue weighted by Gasteiger charge is 2.32. The van der Waals surface area contributed by atoms with E-state index >= 15 is 0 Å². The summed E-state index contributed by atoms with van der Waals surface area (Å²) in [6, 6.07) is 3.81. The molecule has 2 atom stereocenters. The number of aliphatic hydroxyl groups excluding tert-OH is 1. The van der Waals surface area contributed by atoms with Crippen molar-refractivity contribution >= 4 is 5.91 Å². The second kappa shape index (κ2) is 5.12. The van der Waals surface area contributed by atoms with Gasteiger partial charge in [0.05, 0.1) is 12.1 Å². The molecule has 1 aliphatic heterocycles. The van der Waals surface area contributed by atoms with E-state index in [9.17, 15) is 9.90 Å². The van der Waals surface area contributed by atoms with Gasteiger partial charge in [-0.05, 0) is 26.0 Å². The van der Waals surface area contributed by atoms with Gasteiger partial charge in [0.25, 0.3) is 5.91 Å². The van der Waals surface area contributed by atoms with E-state index in [1.54, 1.807) is 11.9 Å². The van der Waals surface area contributed by atoms with Crippen LogP contribution in [0.15, 0.2) is 18.3 Å². The third kappa shape index (κ3) is 2.28. The molecule has 1 amide bonds. The van der Waals surface area contributed by atoms with Gasteiger partial charge in [-0.2, -0.15) is 0 Å². The Labute approximate surface area is 107 Å². The summed E-state index contributed by atoms with van der Waals surface area (Å²) >= 11 is 0. The molecule has 0 spiro atoms. The van der Waals surface area contributed by atoms with E-state index in [1.165, 1.54) is 0 Å². The van der Waals surface area contributed by atoms with Crippen molar-refractivity contribution < 1.29 is 9.90 Å². The highest BCUT2D eigenvalue weighted by atomic mass is 16.3. The molecule has 18 heavy (non-hydrogen) atoms. The van der Waals surface area contributed by atoms with E-state index in [0.717, 1.165) is 0 Å². The molecule has 2 N–H and O–H groups in total. The molecule has 1 saturated heterocycles. The second-order valence-electron chi connectivity index (χ2n) is 5.10. The van der Waals surface area contributed by atoms with Gasteiger partial charge < -0.3 is 19.9 Å². The van der Waals surface area contributed by atoms with E-state index < -0.39 is 6.10 Å². The summed E-state index contributed by atoms with van der Waals surface area (Å²) in [5.41, 5.74) is 0.673. The number of nitrogens with one attached hydrogen (secondary N) is 1. The van der Waals surface area contributed by atoms with Crippen molar-refractivity contribution in [2.45, 2.75) is 32.0 Å². The van der Waals surface area contributed by atoms with Crippen LogP contribution >= 0.6 is 0 Å². The fourth-order valence-corrected chi connectivity index (χ4v) is 2.40. The van der Waals surface area contributed by atoms with Crippen LogP contribution in [0.4, 0.5) is 0 Å². The molecule has 0 unspecified atom stereocenters. The number of carbonyl (C=O) groups excluding carboxylic acids is 1. The molecule has 1 aromatic heterocycles. The van der Waals surface area contributed by atoms with Gasteiger partial charge in [0, 0.05) is 32.4 Å². The predicted molar refractivity (Wildman–Crippen MR) is 69.6 cm³/mol. The molecule has 5 nitrogen and oxygen atoms in total. The smallest absolute Gasteiger partial charge is 0.270 e. The quantitative estimate of drug-likeness (QED) is 0.821. The van der Waals surface area contributed by atoms with Gasteiger partial charge in [-0.25, -0.2) is 0 Å². The maximum absolute atomic E-state index is 12.4. The van der Waals surface area contributed by atoms with E-state index in [2.05, 4.69) is 5.32 Å². The lowest BCUT2D eigenvalue weighted by Gasteiger charge is -2.27. The van der Waals surface area contributed by atoms with Crippen LogP contribution in [0.25, 0.3) is 0 Å². The molecule has 2 rings (SSSR count). The van der Waals surface area contributed by atoms with Crippen molar-refractivity contribution in [1.82, 2.24) is 14.8 Å². The zero-order chi connectivity index (χ0) is 13.3. The normalized spacial score (nSPS) is 23.6. The molecule has 0 radical (unpaired) electrons. The Balaban J connectivity index is 2.17. The number of aromatic nitrogens is 1. The SMILES string of the molecule is CC(C)n1cccc1C(=O)N(C)[C@@H]1CNC[C@H]1O. The molecule has 2 heterocycles. The average Bonchev–Trinajstić information content (AvgIpc) is 2.95. The van der Waals surface area contributed by atoms with E-state index in [0.29, 0.717) is 18.8 Å². The van der Waals surface area contributed by atoms with Gasteiger partial charge in [0.15, 0.2) is 0 Å². The Hall–Kier alpha value is -1.33. The van der Waals surface area contributed by atoms with Gasteiger partial charge in [-0.3, -0.25) is 4.79 Å². The second-order valence-corrected chi connectivity index (χ2v) is 5.10. The number of hydrogen-bond acceptors (Lipinski definition) is 3. The molecular formula is C13H21N3O2. The van der Waals surface area contributed by atoms with Crippen molar-refractivity contribution in [2.24, 2.45) is 0 Å². The Morgan fingerprint density at radius 3 is 2.83 bits per heavy atom. The molecule has 100 valence electrons. The van der Waals surface area contributed by atoms with Gasteiger partial charge in [0.2, 0.25) is 0 Å². The van der Waals surface area contributed by atoms with E-state index in [1.807, 2.05) is 36.7 Å². The van der Waals surface area contributed by atoms with Crippen LogP contribution in [0, 0.1) is 0 Å². The topological polar surface area (TPSA) is 57.5 Å². The maximum atomic E-state index is 12.4. The molecule has 0 bridgehead atoms. The largest absolute Gasteiger partial charge is 0.390 e. The number of likely N-dealkylation sites (N-methyl/N-ethyl adjacent to an activating group) is 1. The number of aliphatic hydroxyl groups is 1. The number of rotatable bonds is 3. The van der Waals surface area contributed by atoms with Crippen molar-refractivity contribution in [1.29, 1.82) is 0 Å². The van der Waals surface area contributed by atoms with Crippen molar-refractivity contribution in [3.05, 3.63) is 24.0 Å². The number of carbonyl (C=O) groups is 1. The Morgan fingerprint density at radius 1 is 1.56 bits per heavy atom. The lowest BCUT2D eigenvalue weighted by molar-refractivity contribution is 0.0570. The van der Waals surface area contributed by atoms with Crippen molar-refractivity contribution in [2.75, 3.05) is 20.1 Å². The lowest BCUT2D eigenvalue weighted by Crippen LogP contribution is -2.44. The highest BCUT2D eigenvalue weighted by Crippen LogP contribution is 2.16. The number of hydrogen-bond donors (Lipinski definition) is 2. The zero-order valence-electron chi connectivity index (χ0n) is 11.1. The van der Waals surface area contributed by atoms with E-state index in [4.69, 9.17) is 0 Å². The first-order valence-electron chi connectivity index (χ1n) is 6.35. The Morgan fingerprint density at radius 2 is 2.28 bits per heavy atom. The highest BCUT2D eigenvalue weighted by molar-refractivity contribution is 5.93. The number of β-amino-alcohol motifs (C(OH)–C–C–N with tert-alkyl or cyclic N) is 1. The summed E-state index contributed by atoms with van der Waals surface area (Å²) in [6.07, 6.45) is 1.43. The van der Waals surface area contributed by atoms with Gasteiger partial charge in [-0.1, -0.05) is 0 Å². The van der Waals surface area contributed by atoms with E-state index in [-0.39, 0.29) is 18.0 Å². The summed E-state index contributed by atoms with van der Waals surface area (Å²) < 4.78 is 1.95. The molecule has 0 aromatic carbocycles. The molecule has 0 saturated carbocycles. The Bertz CT molecular complexity index is 428. The summed E-state index contributed by atoms with van der Waals surface area (Å²) in [5.74, 6) is -0.0403. The molecule has 1 fully saturated rings. The minimum atomic E-state index is -0.485. The fraction of sp³-hybridized carbons (Fsp3) is 0.615.